The number of halogens is 1. The van der Waals surface area contributed by atoms with E-state index in [0.717, 1.165) is 6.42 Å². The van der Waals surface area contributed by atoms with E-state index in [1.807, 2.05) is 61.3 Å². The molecule has 0 aliphatic rings. The van der Waals surface area contributed by atoms with Crippen molar-refractivity contribution in [2.75, 3.05) is 38.7 Å². The minimum atomic E-state index is -0.0993. The number of amides is 1. The number of hydrogen-bond donors (Lipinski definition) is 1. The zero-order valence-electron chi connectivity index (χ0n) is 15.2. The van der Waals surface area contributed by atoms with Crippen LogP contribution in [-0.2, 0) is 4.79 Å². The summed E-state index contributed by atoms with van der Waals surface area (Å²) in [5.41, 5.74) is 0.687. The van der Waals surface area contributed by atoms with Crippen LogP contribution in [0.3, 0.4) is 0 Å². The first kappa shape index (κ1) is 20.1. The Balaban J connectivity index is 1.78. The Hall–Kier alpha value is -2.24. The van der Waals surface area contributed by atoms with Crippen molar-refractivity contribution in [1.29, 1.82) is 0 Å². The molecule has 0 aliphatic heterocycles. The van der Waals surface area contributed by atoms with Crippen LogP contribution in [-0.4, -0.2) is 44.2 Å². The number of anilines is 1. The first-order valence-corrected chi connectivity index (χ1v) is 9.05. The molecule has 2 rings (SSSR count). The normalized spacial score (nSPS) is 10.6. The number of rotatable bonds is 10. The van der Waals surface area contributed by atoms with Crippen molar-refractivity contribution in [1.82, 2.24) is 4.90 Å². The van der Waals surface area contributed by atoms with Gasteiger partial charge in [-0.25, -0.2) is 0 Å². The number of hydrogen-bond acceptors (Lipinski definition) is 4. The number of carbonyl (C=O) groups is 1. The third kappa shape index (κ3) is 6.58. The highest BCUT2D eigenvalue weighted by Crippen LogP contribution is 2.24. The second-order valence-corrected chi connectivity index (χ2v) is 6.32. The number of nitrogens with one attached hydrogen (secondary N) is 1. The number of nitrogens with zero attached hydrogens (tertiary/aromatic N) is 1. The maximum Gasteiger partial charge on any atom is 0.238 e. The SMILES string of the molecule is CCCOc1ccccc1NC(=O)CN(C)CCOc1ccccc1Cl. The molecular weight excluding hydrogens is 352 g/mol. The molecule has 0 aromatic heterocycles. The topological polar surface area (TPSA) is 50.8 Å². The first-order chi connectivity index (χ1) is 12.6. The van der Waals surface area contributed by atoms with Gasteiger partial charge in [0.1, 0.15) is 18.1 Å². The van der Waals surface area contributed by atoms with Gasteiger partial charge in [-0.15, -0.1) is 0 Å². The van der Waals surface area contributed by atoms with Gasteiger partial charge in [0.2, 0.25) is 5.91 Å². The van der Waals surface area contributed by atoms with Crippen LogP contribution in [0.15, 0.2) is 48.5 Å². The number of para-hydroxylation sites is 3. The molecule has 2 aromatic rings. The van der Waals surface area contributed by atoms with Crippen molar-refractivity contribution in [3.05, 3.63) is 53.6 Å². The van der Waals surface area contributed by atoms with Crippen LogP contribution in [0.5, 0.6) is 11.5 Å². The van der Waals surface area contributed by atoms with Crippen LogP contribution in [0, 0.1) is 0 Å². The Morgan fingerprint density at radius 1 is 1.04 bits per heavy atom. The van der Waals surface area contributed by atoms with Gasteiger partial charge < -0.3 is 14.8 Å². The zero-order chi connectivity index (χ0) is 18.8. The largest absolute Gasteiger partial charge is 0.491 e. The van der Waals surface area contributed by atoms with E-state index in [4.69, 9.17) is 21.1 Å². The number of likely N-dealkylation sites (N-methyl/N-ethyl adjacent to an activating group) is 1. The quantitative estimate of drug-likeness (QED) is 0.678. The van der Waals surface area contributed by atoms with E-state index in [2.05, 4.69) is 5.32 Å². The molecule has 0 unspecified atom stereocenters. The molecule has 1 N–H and O–H groups in total. The molecule has 0 radical (unpaired) electrons. The molecule has 0 heterocycles. The van der Waals surface area contributed by atoms with Crippen LogP contribution >= 0.6 is 11.6 Å². The van der Waals surface area contributed by atoms with Crippen molar-refractivity contribution in [2.24, 2.45) is 0 Å². The van der Waals surface area contributed by atoms with E-state index >= 15 is 0 Å². The molecule has 1 amide bonds. The summed E-state index contributed by atoms with van der Waals surface area (Å²) >= 11 is 6.05. The van der Waals surface area contributed by atoms with Gasteiger partial charge in [-0.1, -0.05) is 42.8 Å². The Kier molecular flexibility index (Phi) is 8.25. The molecule has 6 heteroatoms. The monoisotopic (exact) mass is 376 g/mol. The van der Waals surface area contributed by atoms with E-state index in [9.17, 15) is 4.79 Å². The van der Waals surface area contributed by atoms with E-state index in [0.29, 0.717) is 42.0 Å². The highest BCUT2D eigenvalue weighted by Gasteiger charge is 2.10. The maximum atomic E-state index is 12.3. The zero-order valence-corrected chi connectivity index (χ0v) is 16.0. The molecular formula is C20H25ClN2O3. The maximum absolute atomic E-state index is 12.3. The Labute approximate surface area is 159 Å². The molecule has 0 atom stereocenters. The molecule has 0 aliphatic carbocycles. The summed E-state index contributed by atoms with van der Waals surface area (Å²) in [7, 11) is 1.87. The fourth-order valence-electron chi connectivity index (χ4n) is 2.29. The first-order valence-electron chi connectivity index (χ1n) is 8.67. The Morgan fingerprint density at radius 3 is 2.42 bits per heavy atom. The molecule has 140 valence electrons. The van der Waals surface area contributed by atoms with Gasteiger partial charge in [0.25, 0.3) is 0 Å². The van der Waals surface area contributed by atoms with Crippen LogP contribution in [0.25, 0.3) is 0 Å². The van der Waals surface area contributed by atoms with Gasteiger partial charge in [-0.05, 0) is 37.7 Å². The summed E-state index contributed by atoms with van der Waals surface area (Å²) in [6.07, 6.45) is 0.913. The third-order valence-electron chi connectivity index (χ3n) is 3.60. The van der Waals surface area contributed by atoms with E-state index in [1.54, 1.807) is 6.07 Å². The lowest BCUT2D eigenvalue weighted by Gasteiger charge is -2.18. The molecule has 2 aromatic carbocycles. The highest BCUT2D eigenvalue weighted by molar-refractivity contribution is 6.32. The number of benzene rings is 2. The second-order valence-electron chi connectivity index (χ2n) is 5.91. The lowest BCUT2D eigenvalue weighted by Crippen LogP contribution is -2.33. The lowest BCUT2D eigenvalue weighted by atomic mass is 10.3. The van der Waals surface area contributed by atoms with E-state index in [1.165, 1.54) is 0 Å². The van der Waals surface area contributed by atoms with Crippen molar-refractivity contribution >= 4 is 23.2 Å². The van der Waals surface area contributed by atoms with Crippen LogP contribution in [0.2, 0.25) is 5.02 Å². The molecule has 0 spiro atoms. The van der Waals surface area contributed by atoms with Crippen molar-refractivity contribution in [3.8, 4) is 11.5 Å². The van der Waals surface area contributed by atoms with Crippen LogP contribution in [0.4, 0.5) is 5.69 Å². The predicted octanol–water partition coefficient (Wildman–Crippen LogP) is 4.08. The summed E-state index contributed by atoms with van der Waals surface area (Å²) in [4.78, 5) is 14.2. The van der Waals surface area contributed by atoms with Crippen molar-refractivity contribution in [3.63, 3.8) is 0 Å². The average Bonchev–Trinajstić information content (AvgIpc) is 2.62. The van der Waals surface area contributed by atoms with Crippen molar-refractivity contribution in [2.45, 2.75) is 13.3 Å². The molecule has 0 saturated heterocycles. The number of ether oxygens (including phenoxy) is 2. The summed E-state index contributed by atoms with van der Waals surface area (Å²) in [5, 5.41) is 3.48. The van der Waals surface area contributed by atoms with Crippen LogP contribution in [0.1, 0.15) is 13.3 Å². The fraction of sp³-hybridized carbons (Fsp3) is 0.350. The molecule has 0 saturated carbocycles. The molecule has 0 fully saturated rings. The molecule has 26 heavy (non-hydrogen) atoms. The fourth-order valence-corrected chi connectivity index (χ4v) is 2.49. The van der Waals surface area contributed by atoms with Gasteiger partial charge in [0, 0.05) is 6.54 Å². The van der Waals surface area contributed by atoms with E-state index in [-0.39, 0.29) is 12.5 Å². The van der Waals surface area contributed by atoms with E-state index < -0.39 is 0 Å². The average molecular weight is 377 g/mol. The highest BCUT2D eigenvalue weighted by atomic mass is 35.5. The minimum absolute atomic E-state index is 0.0993. The van der Waals surface area contributed by atoms with Crippen LogP contribution < -0.4 is 14.8 Å². The van der Waals surface area contributed by atoms with Gasteiger partial charge in [0.15, 0.2) is 0 Å². The van der Waals surface area contributed by atoms with Gasteiger partial charge in [-0.2, -0.15) is 0 Å². The number of carbonyl (C=O) groups excluding carboxylic acids is 1. The summed E-state index contributed by atoms with van der Waals surface area (Å²) in [6, 6.07) is 14.8. The second kappa shape index (κ2) is 10.7. The standard InChI is InChI=1S/C20H25ClN2O3/c1-3-13-25-19-11-7-5-9-17(19)22-20(24)15-23(2)12-14-26-18-10-6-4-8-16(18)21/h4-11H,3,12-15H2,1-2H3,(H,22,24). The summed E-state index contributed by atoms with van der Waals surface area (Å²) in [6.45, 7) is 3.97. The molecule has 5 nitrogen and oxygen atoms in total. The van der Waals surface area contributed by atoms with Crippen molar-refractivity contribution < 1.29 is 14.3 Å². The summed E-state index contributed by atoms with van der Waals surface area (Å²) in [5.74, 6) is 1.24. The van der Waals surface area contributed by atoms with Gasteiger partial charge >= 0.3 is 0 Å². The smallest absolute Gasteiger partial charge is 0.238 e. The Morgan fingerprint density at radius 2 is 1.69 bits per heavy atom. The third-order valence-corrected chi connectivity index (χ3v) is 3.92. The lowest BCUT2D eigenvalue weighted by molar-refractivity contribution is -0.117. The molecule has 0 bridgehead atoms. The van der Waals surface area contributed by atoms with Gasteiger partial charge in [0.05, 0.1) is 23.9 Å². The predicted molar refractivity (Wildman–Crippen MR) is 105 cm³/mol. The Bertz CT molecular complexity index is 709. The minimum Gasteiger partial charge on any atom is -0.491 e. The summed E-state index contributed by atoms with van der Waals surface area (Å²) < 4.78 is 11.3. The van der Waals surface area contributed by atoms with Gasteiger partial charge in [-0.3, -0.25) is 9.69 Å².